The Morgan fingerprint density at radius 1 is 1.21 bits per heavy atom. The summed E-state index contributed by atoms with van der Waals surface area (Å²) in [7, 11) is 1.68. The van der Waals surface area contributed by atoms with E-state index in [1.807, 2.05) is 24.3 Å². The highest BCUT2D eigenvalue weighted by molar-refractivity contribution is 5.94. The van der Waals surface area contributed by atoms with Crippen LogP contribution in [0.4, 0.5) is 0 Å². The van der Waals surface area contributed by atoms with Gasteiger partial charge in [-0.3, -0.25) is 4.79 Å². The molecule has 0 bridgehead atoms. The predicted molar refractivity (Wildman–Crippen MR) is 91.7 cm³/mol. The molecule has 2 saturated carbocycles. The van der Waals surface area contributed by atoms with Gasteiger partial charge in [-0.1, -0.05) is 37.8 Å². The first-order valence-corrected chi connectivity index (χ1v) is 9.28. The first-order valence-electron chi connectivity index (χ1n) is 9.28. The number of ether oxygens (including phenoxy) is 2. The Balaban J connectivity index is 1.43. The summed E-state index contributed by atoms with van der Waals surface area (Å²) in [6, 6.07) is 8.03. The number of hydrogen-bond acceptors (Lipinski definition) is 3. The summed E-state index contributed by atoms with van der Waals surface area (Å²) in [6.07, 6.45) is 6.75. The minimum absolute atomic E-state index is 0.0531. The van der Waals surface area contributed by atoms with Gasteiger partial charge >= 0.3 is 0 Å². The molecule has 4 rings (SSSR count). The van der Waals surface area contributed by atoms with Gasteiger partial charge in [-0.15, -0.1) is 0 Å². The van der Waals surface area contributed by atoms with Crippen LogP contribution in [0.2, 0.25) is 0 Å². The maximum Gasteiger partial charge on any atom is 0.251 e. The number of nitrogens with one attached hydrogen (secondary N) is 1. The molecule has 0 radical (unpaired) electrons. The molecule has 0 spiro atoms. The molecule has 130 valence electrons. The zero-order valence-corrected chi connectivity index (χ0v) is 14.4. The Labute approximate surface area is 143 Å². The van der Waals surface area contributed by atoms with E-state index in [1.54, 1.807) is 7.11 Å². The van der Waals surface area contributed by atoms with E-state index in [9.17, 15) is 4.79 Å². The average molecular weight is 329 g/mol. The third-order valence-electron chi connectivity index (χ3n) is 6.21. The van der Waals surface area contributed by atoms with Crippen molar-refractivity contribution in [2.45, 2.75) is 50.9 Å². The fraction of sp³-hybridized carbons (Fsp3) is 0.650. The van der Waals surface area contributed by atoms with Crippen LogP contribution in [0.3, 0.4) is 0 Å². The summed E-state index contributed by atoms with van der Waals surface area (Å²) in [4.78, 5) is 12.7. The van der Waals surface area contributed by atoms with Crippen molar-refractivity contribution in [2.75, 3.05) is 13.7 Å². The largest absolute Gasteiger partial charge is 0.380 e. The minimum Gasteiger partial charge on any atom is -0.380 e. The van der Waals surface area contributed by atoms with Crippen LogP contribution >= 0.6 is 0 Å². The molecule has 24 heavy (non-hydrogen) atoms. The third-order valence-corrected chi connectivity index (χ3v) is 6.21. The summed E-state index contributed by atoms with van der Waals surface area (Å²) >= 11 is 0. The minimum atomic E-state index is 0.0531. The number of amides is 1. The Morgan fingerprint density at radius 2 is 1.96 bits per heavy atom. The zero-order chi connectivity index (χ0) is 16.5. The molecule has 4 heteroatoms. The number of fused-ring (bicyclic) bond motifs is 1. The Bertz CT molecular complexity index is 574. The number of rotatable bonds is 5. The fourth-order valence-electron chi connectivity index (χ4n) is 5.01. The van der Waals surface area contributed by atoms with Gasteiger partial charge < -0.3 is 14.8 Å². The van der Waals surface area contributed by atoms with Gasteiger partial charge in [-0.05, 0) is 30.0 Å². The van der Waals surface area contributed by atoms with Crippen molar-refractivity contribution in [3.8, 4) is 0 Å². The second-order valence-electron chi connectivity index (χ2n) is 7.54. The molecule has 0 aromatic heterocycles. The van der Waals surface area contributed by atoms with E-state index in [4.69, 9.17) is 9.47 Å². The van der Waals surface area contributed by atoms with E-state index in [1.165, 1.54) is 25.7 Å². The molecule has 2 aliphatic carbocycles. The summed E-state index contributed by atoms with van der Waals surface area (Å²) in [6.45, 7) is 1.44. The molecule has 1 aromatic carbocycles. The van der Waals surface area contributed by atoms with Crippen molar-refractivity contribution in [3.63, 3.8) is 0 Å². The van der Waals surface area contributed by atoms with Gasteiger partial charge in [0.15, 0.2) is 0 Å². The first-order chi connectivity index (χ1) is 11.8. The normalized spacial score (nSPS) is 32.4. The van der Waals surface area contributed by atoms with E-state index in [0.29, 0.717) is 30.6 Å². The van der Waals surface area contributed by atoms with Crippen molar-refractivity contribution in [1.29, 1.82) is 0 Å². The van der Waals surface area contributed by atoms with Crippen molar-refractivity contribution < 1.29 is 14.3 Å². The van der Waals surface area contributed by atoms with E-state index in [2.05, 4.69) is 5.32 Å². The first kappa shape index (κ1) is 16.1. The van der Waals surface area contributed by atoms with Crippen molar-refractivity contribution in [2.24, 2.45) is 17.8 Å². The highest BCUT2D eigenvalue weighted by Gasteiger charge is 2.56. The number of carbonyl (C=O) groups is 1. The lowest BCUT2D eigenvalue weighted by atomic mass is 9.61. The summed E-state index contributed by atoms with van der Waals surface area (Å²) in [5.74, 6) is 1.83. The lowest BCUT2D eigenvalue weighted by Crippen LogP contribution is -2.63. The molecule has 4 atom stereocenters. The fourth-order valence-corrected chi connectivity index (χ4v) is 5.01. The molecule has 1 heterocycles. The van der Waals surface area contributed by atoms with Gasteiger partial charge in [0.1, 0.15) is 0 Å². The van der Waals surface area contributed by atoms with Gasteiger partial charge in [0, 0.05) is 37.2 Å². The van der Waals surface area contributed by atoms with Gasteiger partial charge in [-0.2, -0.15) is 0 Å². The van der Waals surface area contributed by atoms with Gasteiger partial charge in [-0.25, -0.2) is 0 Å². The van der Waals surface area contributed by atoms with Crippen LogP contribution in [0.25, 0.3) is 0 Å². The maximum absolute atomic E-state index is 12.7. The molecule has 4 nitrogen and oxygen atoms in total. The Morgan fingerprint density at radius 3 is 2.67 bits per heavy atom. The molecule has 1 amide bonds. The zero-order valence-electron chi connectivity index (χ0n) is 14.4. The van der Waals surface area contributed by atoms with Gasteiger partial charge in [0.25, 0.3) is 5.91 Å². The van der Waals surface area contributed by atoms with E-state index in [0.717, 1.165) is 30.1 Å². The Kier molecular flexibility index (Phi) is 4.59. The maximum atomic E-state index is 12.7. The smallest absolute Gasteiger partial charge is 0.251 e. The molecular weight excluding hydrogens is 302 g/mol. The van der Waals surface area contributed by atoms with Crippen molar-refractivity contribution >= 4 is 5.91 Å². The number of methoxy groups -OCH3 is 1. The molecule has 3 fully saturated rings. The molecule has 0 unspecified atom stereocenters. The van der Waals surface area contributed by atoms with Gasteiger partial charge in [0.2, 0.25) is 0 Å². The third kappa shape index (κ3) is 2.86. The van der Waals surface area contributed by atoms with Crippen LogP contribution < -0.4 is 5.32 Å². The highest BCUT2D eigenvalue weighted by atomic mass is 16.5. The predicted octanol–water partition coefficient (Wildman–Crippen LogP) is 3.16. The molecule has 3 aliphatic rings. The van der Waals surface area contributed by atoms with Crippen LogP contribution in [-0.4, -0.2) is 31.8 Å². The van der Waals surface area contributed by atoms with E-state index >= 15 is 0 Å². The topological polar surface area (TPSA) is 47.6 Å². The summed E-state index contributed by atoms with van der Waals surface area (Å²) in [5.41, 5.74) is 1.83. The highest BCUT2D eigenvalue weighted by Crippen LogP contribution is 2.51. The summed E-state index contributed by atoms with van der Waals surface area (Å²) < 4.78 is 11.1. The molecule has 1 aromatic rings. The SMILES string of the molecule is COCc1ccc(C(=O)N[C@H]2[C@@H]3CCO[C@@H]3[C@@H]2C2CCCC2)cc1. The monoisotopic (exact) mass is 329 g/mol. The van der Waals surface area contributed by atoms with Crippen molar-refractivity contribution in [3.05, 3.63) is 35.4 Å². The number of carbonyl (C=O) groups excluding carboxylic acids is 1. The summed E-state index contributed by atoms with van der Waals surface area (Å²) in [5, 5.41) is 3.33. The Hall–Kier alpha value is -1.39. The second kappa shape index (κ2) is 6.85. The number of benzene rings is 1. The van der Waals surface area contributed by atoms with E-state index < -0.39 is 0 Å². The van der Waals surface area contributed by atoms with Crippen LogP contribution in [-0.2, 0) is 16.1 Å². The quantitative estimate of drug-likeness (QED) is 0.903. The molecule has 1 N–H and O–H groups in total. The molecule has 1 saturated heterocycles. The van der Waals surface area contributed by atoms with Crippen LogP contribution in [0.15, 0.2) is 24.3 Å². The second-order valence-corrected chi connectivity index (χ2v) is 7.54. The lowest BCUT2D eigenvalue weighted by molar-refractivity contribution is -0.0784. The average Bonchev–Trinajstić information content (AvgIpc) is 3.24. The van der Waals surface area contributed by atoms with Crippen LogP contribution in [0.5, 0.6) is 0 Å². The van der Waals surface area contributed by atoms with Crippen molar-refractivity contribution in [1.82, 2.24) is 5.32 Å². The van der Waals surface area contributed by atoms with Crippen LogP contribution in [0, 0.1) is 17.8 Å². The van der Waals surface area contributed by atoms with E-state index in [-0.39, 0.29) is 5.91 Å². The standard InChI is InChI=1S/C20H27NO3/c1-23-12-13-6-8-15(9-7-13)20(22)21-18-16-10-11-24-19(16)17(18)14-4-2-3-5-14/h6-9,14,16-19H,2-5,10-12H2,1H3,(H,21,22)/t16-,17+,18-,19-/m0/s1. The number of hydrogen-bond donors (Lipinski definition) is 1. The molecular formula is C20H27NO3. The van der Waals surface area contributed by atoms with Gasteiger partial charge in [0.05, 0.1) is 12.7 Å². The van der Waals surface area contributed by atoms with Crippen LogP contribution in [0.1, 0.15) is 48.0 Å². The molecule has 1 aliphatic heterocycles. The lowest BCUT2D eigenvalue weighted by Gasteiger charge is -2.50.